The van der Waals surface area contributed by atoms with Crippen LogP contribution < -0.4 is 10.6 Å². The highest BCUT2D eigenvalue weighted by Gasteiger charge is 2.14. The maximum atomic E-state index is 13.8. The van der Waals surface area contributed by atoms with Crippen molar-refractivity contribution in [2.24, 2.45) is 0 Å². The van der Waals surface area contributed by atoms with Crippen molar-refractivity contribution in [2.45, 2.75) is 4.90 Å². The zero-order valence-electron chi connectivity index (χ0n) is 16.6. The first-order valence-electron chi connectivity index (χ1n) is 9.24. The summed E-state index contributed by atoms with van der Waals surface area (Å²) in [5.74, 6) is -1.92. The molecule has 3 aromatic carbocycles. The number of methoxy groups -OCH3 is 1. The fraction of sp³-hybridized carbons (Fsp3) is 0.0870. The Hall–Kier alpha value is -3.65. The Morgan fingerprint density at radius 1 is 0.903 bits per heavy atom. The third-order valence-electron chi connectivity index (χ3n) is 4.19. The van der Waals surface area contributed by atoms with Crippen LogP contribution in [0.4, 0.5) is 15.8 Å². The van der Waals surface area contributed by atoms with Crippen molar-refractivity contribution in [1.82, 2.24) is 0 Å². The molecular formula is C23H19FN2O4S. The summed E-state index contributed by atoms with van der Waals surface area (Å²) in [5, 5.41) is 5.35. The SMILES string of the molecule is COC(=O)c1ccccc1NC(=O)CSc1cccc(NC(=O)c2ccccc2F)c1. The van der Waals surface area contributed by atoms with Crippen LogP contribution >= 0.6 is 11.8 Å². The van der Waals surface area contributed by atoms with Crippen molar-refractivity contribution in [1.29, 1.82) is 0 Å². The molecule has 0 unspecified atom stereocenters. The molecule has 2 amide bonds. The molecule has 0 saturated heterocycles. The van der Waals surface area contributed by atoms with Crippen LogP contribution in [0.5, 0.6) is 0 Å². The number of hydrogen-bond acceptors (Lipinski definition) is 5. The minimum atomic E-state index is -0.602. The molecule has 0 aliphatic carbocycles. The summed E-state index contributed by atoms with van der Waals surface area (Å²) in [4.78, 5) is 37.2. The Labute approximate surface area is 182 Å². The lowest BCUT2D eigenvalue weighted by molar-refractivity contribution is -0.113. The number of hydrogen-bond donors (Lipinski definition) is 2. The van der Waals surface area contributed by atoms with Gasteiger partial charge in [-0.1, -0.05) is 30.3 Å². The Balaban J connectivity index is 1.61. The second-order valence-corrected chi connectivity index (χ2v) is 7.38. The summed E-state index contributed by atoms with van der Waals surface area (Å²) >= 11 is 1.25. The predicted octanol–water partition coefficient (Wildman–Crippen LogP) is 4.60. The molecule has 0 fully saturated rings. The topological polar surface area (TPSA) is 84.5 Å². The van der Waals surface area contributed by atoms with Crippen LogP contribution in [-0.2, 0) is 9.53 Å². The number of rotatable bonds is 7. The summed E-state index contributed by atoms with van der Waals surface area (Å²) < 4.78 is 18.5. The molecule has 0 saturated carbocycles. The Morgan fingerprint density at radius 2 is 1.61 bits per heavy atom. The van der Waals surface area contributed by atoms with Gasteiger partial charge in [0.2, 0.25) is 5.91 Å². The zero-order valence-corrected chi connectivity index (χ0v) is 17.4. The van der Waals surface area contributed by atoms with E-state index in [4.69, 9.17) is 4.74 Å². The molecule has 0 atom stereocenters. The van der Waals surface area contributed by atoms with E-state index in [-0.39, 0.29) is 22.8 Å². The molecule has 8 heteroatoms. The molecule has 6 nitrogen and oxygen atoms in total. The highest BCUT2D eigenvalue weighted by atomic mass is 32.2. The molecule has 3 aromatic rings. The summed E-state index contributed by atoms with van der Waals surface area (Å²) in [6.07, 6.45) is 0. The van der Waals surface area contributed by atoms with E-state index in [1.165, 1.54) is 37.1 Å². The van der Waals surface area contributed by atoms with E-state index >= 15 is 0 Å². The molecule has 158 valence electrons. The number of halogens is 1. The van der Waals surface area contributed by atoms with E-state index in [2.05, 4.69) is 10.6 Å². The van der Waals surface area contributed by atoms with Gasteiger partial charge in [-0.2, -0.15) is 0 Å². The summed E-state index contributed by atoms with van der Waals surface area (Å²) in [6, 6.07) is 19.2. The molecule has 0 bridgehead atoms. The predicted molar refractivity (Wildman–Crippen MR) is 118 cm³/mol. The largest absolute Gasteiger partial charge is 0.465 e. The number of esters is 1. The van der Waals surface area contributed by atoms with Crippen LogP contribution in [0, 0.1) is 5.82 Å². The molecule has 31 heavy (non-hydrogen) atoms. The zero-order chi connectivity index (χ0) is 22.2. The van der Waals surface area contributed by atoms with Gasteiger partial charge in [0.1, 0.15) is 5.82 Å². The number of benzene rings is 3. The van der Waals surface area contributed by atoms with Crippen molar-refractivity contribution in [2.75, 3.05) is 23.5 Å². The quantitative estimate of drug-likeness (QED) is 0.416. The van der Waals surface area contributed by atoms with Gasteiger partial charge in [-0.05, 0) is 42.5 Å². The van der Waals surface area contributed by atoms with Gasteiger partial charge in [0.25, 0.3) is 5.91 Å². The maximum absolute atomic E-state index is 13.8. The standard InChI is InChI=1S/C23H19FN2O4S/c1-30-23(29)18-10-3-5-12-20(18)26-21(27)14-31-16-8-6-7-15(13-16)25-22(28)17-9-2-4-11-19(17)24/h2-13H,14H2,1H3,(H,25,28)(H,26,27). The second kappa shape index (κ2) is 10.4. The van der Waals surface area contributed by atoms with E-state index in [0.717, 1.165) is 4.90 Å². The van der Waals surface area contributed by atoms with Gasteiger partial charge in [-0.15, -0.1) is 11.8 Å². The van der Waals surface area contributed by atoms with Gasteiger partial charge in [0.15, 0.2) is 0 Å². The van der Waals surface area contributed by atoms with Crippen LogP contribution in [0.25, 0.3) is 0 Å². The fourth-order valence-corrected chi connectivity index (χ4v) is 3.48. The second-order valence-electron chi connectivity index (χ2n) is 6.34. The number of para-hydroxylation sites is 1. The van der Waals surface area contributed by atoms with E-state index < -0.39 is 17.7 Å². The fourth-order valence-electron chi connectivity index (χ4n) is 2.72. The summed E-state index contributed by atoms with van der Waals surface area (Å²) in [5.41, 5.74) is 1.06. The van der Waals surface area contributed by atoms with Crippen LogP contribution in [0.1, 0.15) is 20.7 Å². The summed E-state index contributed by atoms with van der Waals surface area (Å²) in [6.45, 7) is 0. The molecule has 0 aliphatic rings. The first-order valence-corrected chi connectivity index (χ1v) is 10.2. The van der Waals surface area contributed by atoms with Gasteiger partial charge >= 0.3 is 5.97 Å². The minimum absolute atomic E-state index is 0.0517. The first kappa shape index (κ1) is 22.0. The highest BCUT2D eigenvalue weighted by Crippen LogP contribution is 2.23. The lowest BCUT2D eigenvalue weighted by Crippen LogP contribution is -2.17. The van der Waals surface area contributed by atoms with Gasteiger partial charge < -0.3 is 15.4 Å². The van der Waals surface area contributed by atoms with E-state index in [1.807, 2.05) is 0 Å². The lowest BCUT2D eigenvalue weighted by Gasteiger charge is -2.10. The number of thioether (sulfide) groups is 1. The van der Waals surface area contributed by atoms with Crippen LogP contribution in [0.15, 0.2) is 77.7 Å². The number of carbonyl (C=O) groups excluding carboxylic acids is 3. The Morgan fingerprint density at radius 3 is 2.35 bits per heavy atom. The minimum Gasteiger partial charge on any atom is -0.465 e. The molecular weight excluding hydrogens is 419 g/mol. The third kappa shape index (κ3) is 5.93. The molecule has 0 spiro atoms. The molecule has 0 aliphatic heterocycles. The molecule has 0 aromatic heterocycles. The highest BCUT2D eigenvalue weighted by molar-refractivity contribution is 8.00. The molecule has 0 heterocycles. The molecule has 3 rings (SSSR count). The maximum Gasteiger partial charge on any atom is 0.339 e. The first-order chi connectivity index (χ1) is 15.0. The Bertz CT molecular complexity index is 1120. The normalized spacial score (nSPS) is 10.3. The number of nitrogens with one attached hydrogen (secondary N) is 2. The van der Waals surface area contributed by atoms with Gasteiger partial charge in [0, 0.05) is 10.6 Å². The number of anilines is 2. The molecule has 0 radical (unpaired) electrons. The number of carbonyl (C=O) groups is 3. The van der Waals surface area contributed by atoms with Crippen LogP contribution in [0.3, 0.4) is 0 Å². The van der Waals surface area contributed by atoms with Gasteiger partial charge in [-0.3, -0.25) is 9.59 Å². The van der Waals surface area contributed by atoms with E-state index in [1.54, 1.807) is 54.6 Å². The average Bonchev–Trinajstić information content (AvgIpc) is 2.78. The smallest absolute Gasteiger partial charge is 0.339 e. The summed E-state index contributed by atoms with van der Waals surface area (Å²) in [7, 11) is 1.27. The van der Waals surface area contributed by atoms with Crippen molar-refractivity contribution in [3.8, 4) is 0 Å². The molecule has 2 N–H and O–H groups in total. The van der Waals surface area contributed by atoms with Crippen LogP contribution in [-0.4, -0.2) is 30.6 Å². The van der Waals surface area contributed by atoms with E-state index in [9.17, 15) is 18.8 Å². The lowest BCUT2D eigenvalue weighted by atomic mass is 10.2. The van der Waals surface area contributed by atoms with Crippen LogP contribution in [0.2, 0.25) is 0 Å². The average molecular weight is 438 g/mol. The van der Waals surface area contributed by atoms with Crippen molar-refractivity contribution in [3.63, 3.8) is 0 Å². The number of amides is 2. The number of ether oxygens (including phenoxy) is 1. The van der Waals surface area contributed by atoms with Gasteiger partial charge in [-0.25, -0.2) is 9.18 Å². The third-order valence-corrected chi connectivity index (χ3v) is 5.18. The Kier molecular flexibility index (Phi) is 7.40. The van der Waals surface area contributed by atoms with Gasteiger partial charge in [0.05, 0.1) is 29.7 Å². The van der Waals surface area contributed by atoms with Crippen molar-refractivity contribution >= 4 is 40.9 Å². The van der Waals surface area contributed by atoms with Crippen molar-refractivity contribution < 1.29 is 23.5 Å². The van der Waals surface area contributed by atoms with Crippen molar-refractivity contribution in [3.05, 3.63) is 89.7 Å². The monoisotopic (exact) mass is 438 g/mol. The van der Waals surface area contributed by atoms with E-state index in [0.29, 0.717) is 11.4 Å².